The van der Waals surface area contributed by atoms with Crippen LogP contribution in [-0.2, 0) is 26.2 Å². The summed E-state index contributed by atoms with van der Waals surface area (Å²) in [5.74, 6) is -0.516. The van der Waals surface area contributed by atoms with E-state index in [-0.39, 0.29) is 29.3 Å². The summed E-state index contributed by atoms with van der Waals surface area (Å²) in [6, 6.07) is 21.6. The Hall–Kier alpha value is -3.36. The zero-order chi connectivity index (χ0) is 29.6. The number of carbonyl (C=O) groups is 2. The molecule has 0 spiro atoms. The Kier molecular flexibility index (Phi) is 10.1. The smallest absolute Gasteiger partial charge is 0.264 e. The minimum atomic E-state index is -4.10. The molecule has 2 amide bonds. The maximum atomic E-state index is 14.1. The van der Waals surface area contributed by atoms with Crippen molar-refractivity contribution in [1.82, 2.24) is 10.2 Å². The molecular weight excluding hydrogens is 558 g/mol. The standard InChI is InChI=1S/C32H38ClN3O4S/c1-23(2)25-17-19-28(20-18-25)36(41(39,40)29-14-5-4-6-15-29)22-31(37)35(21-26-11-7-10-16-30(26)33)24(3)32(38)34-27-12-8-9-13-27/h4-7,10-11,14-20,23-24,27H,8-9,12-13,21-22H2,1-3H3,(H,34,38). The molecule has 1 unspecified atom stereocenters. The minimum Gasteiger partial charge on any atom is -0.352 e. The van der Waals surface area contributed by atoms with E-state index in [1.807, 2.05) is 18.2 Å². The summed E-state index contributed by atoms with van der Waals surface area (Å²) in [6.07, 6.45) is 3.94. The maximum absolute atomic E-state index is 14.1. The summed E-state index contributed by atoms with van der Waals surface area (Å²) in [6.45, 7) is 5.36. The first-order chi connectivity index (χ1) is 19.6. The molecule has 0 aliphatic heterocycles. The highest BCUT2D eigenvalue weighted by Crippen LogP contribution is 2.27. The summed E-state index contributed by atoms with van der Waals surface area (Å²) in [7, 11) is -4.10. The lowest BCUT2D eigenvalue weighted by Crippen LogP contribution is -2.52. The van der Waals surface area contributed by atoms with Crippen LogP contribution in [-0.4, -0.2) is 43.8 Å². The van der Waals surface area contributed by atoms with E-state index < -0.39 is 28.5 Å². The second-order valence-corrected chi connectivity index (χ2v) is 13.1. The molecule has 0 aromatic heterocycles. The normalized spacial score (nSPS) is 14.6. The van der Waals surface area contributed by atoms with E-state index >= 15 is 0 Å². The fourth-order valence-corrected chi connectivity index (χ4v) is 6.69. The molecule has 1 saturated carbocycles. The highest BCUT2D eigenvalue weighted by molar-refractivity contribution is 7.92. The Labute approximate surface area is 248 Å². The summed E-state index contributed by atoms with van der Waals surface area (Å²) < 4.78 is 28.9. The fourth-order valence-electron chi connectivity index (χ4n) is 5.06. The quantitative estimate of drug-likeness (QED) is 0.289. The number of amides is 2. The minimum absolute atomic E-state index is 0.0588. The van der Waals surface area contributed by atoms with E-state index in [1.54, 1.807) is 55.5 Å². The molecule has 1 aliphatic carbocycles. The average molecular weight is 596 g/mol. The van der Waals surface area contributed by atoms with Gasteiger partial charge in [0.25, 0.3) is 10.0 Å². The zero-order valence-electron chi connectivity index (χ0n) is 23.8. The molecule has 3 aromatic rings. The van der Waals surface area contributed by atoms with Gasteiger partial charge in [-0.3, -0.25) is 13.9 Å². The van der Waals surface area contributed by atoms with Crippen LogP contribution in [0.4, 0.5) is 5.69 Å². The van der Waals surface area contributed by atoms with Gasteiger partial charge in [-0.15, -0.1) is 0 Å². The van der Waals surface area contributed by atoms with Crippen LogP contribution >= 0.6 is 11.6 Å². The van der Waals surface area contributed by atoms with Gasteiger partial charge in [-0.25, -0.2) is 8.42 Å². The number of nitrogens with one attached hydrogen (secondary N) is 1. The van der Waals surface area contributed by atoms with Gasteiger partial charge in [0.15, 0.2) is 0 Å². The number of carbonyl (C=O) groups excluding carboxylic acids is 2. The van der Waals surface area contributed by atoms with Crippen LogP contribution in [0.5, 0.6) is 0 Å². The number of halogens is 1. The van der Waals surface area contributed by atoms with Gasteiger partial charge in [0.2, 0.25) is 11.8 Å². The molecule has 0 saturated heterocycles. The van der Waals surface area contributed by atoms with Crippen molar-refractivity contribution in [2.24, 2.45) is 0 Å². The average Bonchev–Trinajstić information content (AvgIpc) is 3.48. The molecule has 1 aliphatic rings. The molecule has 218 valence electrons. The molecule has 7 nitrogen and oxygen atoms in total. The number of benzene rings is 3. The Morgan fingerprint density at radius 3 is 2.12 bits per heavy atom. The molecule has 3 aromatic carbocycles. The Balaban J connectivity index is 1.69. The molecule has 1 fully saturated rings. The third kappa shape index (κ3) is 7.49. The largest absolute Gasteiger partial charge is 0.352 e. The van der Waals surface area contributed by atoms with Crippen LogP contribution in [0.2, 0.25) is 5.02 Å². The van der Waals surface area contributed by atoms with E-state index in [9.17, 15) is 18.0 Å². The number of nitrogens with zero attached hydrogens (tertiary/aromatic N) is 2. The van der Waals surface area contributed by atoms with Gasteiger partial charge < -0.3 is 10.2 Å². The highest BCUT2D eigenvalue weighted by atomic mass is 35.5. The molecule has 41 heavy (non-hydrogen) atoms. The van der Waals surface area contributed by atoms with Gasteiger partial charge in [0.05, 0.1) is 10.6 Å². The Morgan fingerprint density at radius 2 is 1.51 bits per heavy atom. The van der Waals surface area contributed by atoms with Crippen molar-refractivity contribution in [2.45, 2.75) is 75.9 Å². The predicted octanol–water partition coefficient (Wildman–Crippen LogP) is 6.13. The van der Waals surface area contributed by atoms with Gasteiger partial charge in [0.1, 0.15) is 12.6 Å². The number of hydrogen-bond acceptors (Lipinski definition) is 4. The van der Waals surface area contributed by atoms with Gasteiger partial charge in [-0.2, -0.15) is 0 Å². The van der Waals surface area contributed by atoms with Crippen LogP contribution in [0.1, 0.15) is 63.5 Å². The van der Waals surface area contributed by atoms with Crippen molar-refractivity contribution < 1.29 is 18.0 Å². The summed E-state index contributed by atoms with van der Waals surface area (Å²) >= 11 is 6.44. The monoisotopic (exact) mass is 595 g/mol. The first kappa shape index (κ1) is 30.6. The number of hydrogen-bond donors (Lipinski definition) is 1. The van der Waals surface area contributed by atoms with E-state index in [1.165, 1.54) is 17.0 Å². The van der Waals surface area contributed by atoms with E-state index in [0.29, 0.717) is 16.3 Å². The van der Waals surface area contributed by atoms with Gasteiger partial charge in [-0.05, 0) is 67.1 Å². The van der Waals surface area contributed by atoms with Crippen molar-refractivity contribution in [3.63, 3.8) is 0 Å². The van der Waals surface area contributed by atoms with E-state index in [2.05, 4.69) is 19.2 Å². The number of rotatable bonds is 11. The van der Waals surface area contributed by atoms with Crippen molar-refractivity contribution in [3.8, 4) is 0 Å². The predicted molar refractivity (Wildman–Crippen MR) is 163 cm³/mol. The zero-order valence-corrected chi connectivity index (χ0v) is 25.4. The lowest BCUT2D eigenvalue weighted by Gasteiger charge is -2.32. The third-order valence-corrected chi connectivity index (χ3v) is 9.78. The van der Waals surface area contributed by atoms with Crippen LogP contribution in [0.15, 0.2) is 83.8 Å². The van der Waals surface area contributed by atoms with Crippen molar-refractivity contribution in [3.05, 3.63) is 95.0 Å². The Morgan fingerprint density at radius 1 is 0.902 bits per heavy atom. The maximum Gasteiger partial charge on any atom is 0.264 e. The molecule has 9 heteroatoms. The topological polar surface area (TPSA) is 86.8 Å². The van der Waals surface area contributed by atoms with E-state index in [0.717, 1.165) is 35.6 Å². The Bertz CT molecular complexity index is 1440. The molecule has 0 heterocycles. The number of sulfonamides is 1. The van der Waals surface area contributed by atoms with Crippen molar-refractivity contribution in [2.75, 3.05) is 10.8 Å². The fraction of sp³-hybridized carbons (Fsp3) is 0.375. The molecule has 0 bridgehead atoms. The molecule has 0 radical (unpaired) electrons. The first-order valence-corrected chi connectivity index (χ1v) is 15.9. The van der Waals surface area contributed by atoms with Crippen molar-refractivity contribution in [1.29, 1.82) is 0 Å². The summed E-state index contributed by atoms with van der Waals surface area (Å²) in [4.78, 5) is 28.9. The highest BCUT2D eigenvalue weighted by Gasteiger charge is 2.33. The molecule has 4 rings (SSSR count). The second-order valence-electron chi connectivity index (χ2n) is 10.8. The first-order valence-electron chi connectivity index (χ1n) is 14.1. The van der Waals surface area contributed by atoms with Crippen LogP contribution in [0, 0.1) is 0 Å². The van der Waals surface area contributed by atoms with Crippen LogP contribution in [0.25, 0.3) is 0 Å². The summed E-state index contributed by atoms with van der Waals surface area (Å²) in [5.41, 5.74) is 2.09. The van der Waals surface area contributed by atoms with Crippen LogP contribution < -0.4 is 9.62 Å². The van der Waals surface area contributed by atoms with Gasteiger partial charge in [-0.1, -0.05) is 86.8 Å². The summed E-state index contributed by atoms with van der Waals surface area (Å²) in [5, 5.41) is 3.54. The molecule has 1 N–H and O–H groups in total. The van der Waals surface area contributed by atoms with E-state index in [4.69, 9.17) is 11.6 Å². The van der Waals surface area contributed by atoms with Crippen molar-refractivity contribution >= 4 is 39.1 Å². The van der Waals surface area contributed by atoms with Gasteiger partial charge >= 0.3 is 0 Å². The van der Waals surface area contributed by atoms with Gasteiger partial charge in [0, 0.05) is 17.6 Å². The SMILES string of the molecule is CC(C)c1ccc(N(CC(=O)N(Cc2ccccc2Cl)C(C)C(=O)NC2CCCC2)S(=O)(=O)c2ccccc2)cc1. The number of anilines is 1. The lowest BCUT2D eigenvalue weighted by atomic mass is 10.0. The second kappa shape index (κ2) is 13.5. The molecule has 1 atom stereocenters. The molecular formula is C32H38ClN3O4S. The third-order valence-electron chi connectivity index (χ3n) is 7.63. The van der Waals surface area contributed by atoms with Crippen LogP contribution in [0.3, 0.4) is 0 Å². The lowest BCUT2D eigenvalue weighted by molar-refractivity contribution is -0.139.